The summed E-state index contributed by atoms with van der Waals surface area (Å²) < 4.78 is 4.85. The largest absolute Gasteiger partial charge is 0.465 e. The van der Waals surface area contributed by atoms with Crippen LogP contribution in [0.3, 0.4) is 0 Å². The molecule has 1 N–H and O–H groups in total. The molecule has 5 heteroatoms. The Morgan fingerprint density at radius 2 is 1.71 bits per heavy atom. The van der Waals surface area contributed by atoms with Crippen LogP contribution in [-0.4, -0.2) is 43.5 Å². The van der Waals surface area contributed by atoms with E-state index in [1.54, 1.807) is 18.9 Å². The number of hydrogen-bond donors (Lipinski definition) is 1. The van der Waals surface area contributed by atoms with Crippen molar-refractivity contribution in [3.63, 3.8) is 0 Å². The molecular weight excluding hydrogens is 268 g/mol. The minimum absolute atomic E-state index is 0.104. The molecule has 21 heavy (non-hydrogen) atoms. The summed E-state index contributed by atoms with van der Waals surface area (Å²) >= 11 is 0. The number of carbonyl (C=O) groups excluding carboxylic acids is 2. The molecule has 0 saturated carbocycles. The van der Waals surface area contributed by atoms with Gasteiger partial charge < -0.3 is 10.1 Å². The molecule has 0 heterocycles. The first kappa shape index (κ1) is 17.2. The summed E-state index contributed by atoms with van der Waals surface area (Å²) in [5, 5.41) is 2.91. The molecule has 116 valence electrons. The van der Waals surface area contributed by atoms with Crippen molar-refractivity contribution in [3.8, 4) is 0 Å². The lowest BCUT2D eigenvalue weighted by Crippen LogP contribution is -2.34. The van der Waals surface area contributed by atoms with E-state index < -0.39 is 0 Å². The quantitative estimate of drug-likeness (QED) is 0.815. The SMILES string of the molecule is CCOC(=O)CN(C)CC(=O)Nc1c(C)cc(C)cc1C. The minimum atomic E-state index is -0.324. The van der Waals surface area contributed by atoms with Crippen molar-refractivity contribution in [3.05, 3.63) is 28.8 Å². The van der Waals surface area contributed by atoms with E-state index in [4.69, 9.17) is 4.74 Å². The van der Waals surface area contributed by atoms with Gasteiger partial charge in [0.25, 0.3) is 0 Å². The molecule has 1 amide bonds. The molecule has 1 rings (SSSR count). The molecule has 0 bridgehead atoms. The van der Waals surface area contributed by atoms with Crippen LogP contribution in [0.4, 0.5) is 5.69 Å². The predicted molar refractivity (Wildman–Crippen MR) is 83.4 cm³/mol. The van der Waals surface area contributed by atoms with Crippen LogP contribution in [0.25, 0.3) is 0 Å². The van der Waals surface area contributed by atoms with Crippen molar-refractivity contribution in [2.24, 2.45) is 0 Å². The number of esters is 1. The van der Waals surface area contributed by atoms with Gasteiger partial charge in [0.05, 0.1) is 19.7 Å². The van der Waals surface area contributed by atoms with Gasteiger partial charge in [-0.15, -0.1) is 0 Å². The second-order valence-electron chi connectivity index (χ2n) is 5.30. The Bertz CT molecular complexity index is 503. The summed E-state index contributed by atoms with van der Waals surface area (Å²) in [6, 6.07) is 4.07. The maximum Gasteiger partial charge on any atom is 0.320 e. The molecule has 0 atom stereocenters. The molecule has 1 aromatic carbocycles. The van der Waals surface area contributed by atoms with E-state index in [9.17, 15) is 9.59 Å². The highest BCUT2D eigenvalue weighted by atomic mass is 16.5. The van der Waals surface area contributed by atoms with Crippen LogP contribution in [0.2, 0.25) is 0 Å². The number of amides is 1. The molecule has 0 aliphatic rings. The maximum absolute atomic E-state index is 12.0. The number of hydrogen-bond acceptors (Lipinski definition) is 4. The van der Waals surface area contributed by atoms with Crippen molar-refractivity contribution < 1.29 is 14.3 Å². The number of aryl methyl sites for hydroxylation is 3. The zero-order valence-corrected chi connectivity index (χ0v) is 13.4. The van der Waals surface area contributed by atoms with Gasteiger partial charge in [-0.25, -0.2) is 0 Å². The second-order valence-corrected chi connectivity index (χ2v) is 5.30. The van der Waals surface area contributed by atoms with E-state index in [0.29, 0.717) is 6.61 Å². The Labute approximate surface area is 126 Å². The molecule has 0 fully saturated rings. The third-order valence-corrected chi connectivity index (χ3v) is 3.06. The van der Waals surface area contributed by atoms with Crippen molar-refractivity contribution in [1.82, 2.24) is 4.90 Å². The average molecular weight is 292 g/mol. The molecule has 0 aromatic heterocycles. The zero-order chi connectivity index (χ0) is 16.0. The van der Waals surface area contributed by atoms with Gasteiger partial charge in [-0.3, -0.25) is 14.5 Å². The number of anilines is 1. The third kappa shape index (κ3) is 5.55. The van der Waals surface area contributed by atoms with Crippen LogP contribution in [0, 0.1) is 20.8 Å². The third-order valence-electron chi connectivity index (χ3n) is 3.06. The Morgan fingerprint density at radius 1 is 1.14 bits per heavy atom. The Kier molecular flexibility index (Phi) is 6.37. The van der Waals surface area contributed by atoms with Crippen LogP contribution in [0.5, 0.6) is 0 Å². The fraction of sp³-hybridized carbons (Fsp3) is 0.500. The fourth-order valence-corrected chi connectivity index (χ4v) is 2.28. The van der Waals surface area contributed by atoms with E-state index in [1.165, 1.54) is 5.56 Å². The Balaban J connectivity index is 2.60. The summed E-state index contributed by atoms with van der Waals surface area (Å²) in [6.45, 7) is 8.32. The highest BCUT2D eigenvalue weighted by Crippen LogP contribution is 2.21. The van der Waals surface area contributed by atoms with Gasteiger partial charge in [0.2, 0.25) is 5.91 Å². The van der Waals surface area contributed by atoms with Crippen molar-refractivity contribution in [1.29, 1.82) is 0 Å². The molecule has 1 aromatic rings. The molecule has 0 aliphatic carbocycles. The number of nitrogens with one attached hydrogen (secondary N) is 1. The van der Waals surface area contributed by atoms with Crippen LogP contribution in [0.15, 0.2) is 12.1 Å². The Morgan fingerprint density at radius 3 is 2.24 bits per heavy atom. The number of likely N-dealkylation sites (N-methyl/N-ethyl adjacent to an activating group) is 1. The first-order valence-electron chi connectivity index (χ1n) is 7.05. The summed E-state index contributed by atoms with van der Waals surface area (Å²) in [5.41, 5.74) is 4.08. The van der Waals surface area contributed by atoms with Gasteiger partial charge in [-0.1, -0.05) is 17.7 Å². The highest BCUT2D eigenvalue weighted by molar-refractivity contribution is 5.94. The fourth-order valence-electron chi connectivity index (χ4n) is 2.28. The van der Waals surface area contributed by atoms with Crippen molar-refractivity contribution in [2.45, 2.75) is 27.7 Å². The van der Waals surface area contributed by atoms with Crippen LogP contribution < -0.4 is 5.32 Å². The van der Waals surface area contributed by atoms with Gasteiger partial charge in [-0.05, 0) is 45.9 Å². The average Bonchev–Trinajstić information content (AvgIpc) is 2.33. The van der Waals surface area contributed by atoms with Crippen LogP contribution in [0.1, 0.15) is 23.6 Å². The van der Waals surface area contributed by atoms with Gasteiger partial charge in [0.15, 0.2) is 0 Å². The van der Waals surface area contributed by atoms with Crippen LogP contribution >= 0.6 is 0 Å². The first-order valence-corrected chi connectivity index (χ1v) is 7.05. The standard InChI is InChI=1S/C16H24N2O3/c1-6-21-15(20)10-18(5)9-14(19)17-16-12(3)7-11(2)8-13(16)4/h7-8H,6,9-10H2,1-5H3,(H,17,19). The first-order chi connectivity index (χ1) is 9.83. The predicted octanol–water partition coefficient (Wildman–Crippen LogP) is 2.05. The summed E-state index contributed by atoms with van der Waals surface area (Å²) in [7, 11) is 1.71. The number of carbonyl (C=O) groups is 2. The Hall–Kier alpha value is -1.88. The van der Waals surface area contributed by atoms with E-state index in [-0.39, 0.29) is 25.0 Å². The highest BCUT2D eigenvalue weighted by Gasteiger charge is 2.13. The number of nitrogens with zero attached hydrogens (tertiary/aromatic N) is 1. The van der Waals surface area contributed by atoms with E-state index in [0.717, 1.165) is 16.8 Å². The van der Waals surface area contributed by atoms with E-state index in [2.05, 4.69) is 5.32 Å². The summed E-state index contributed by atoms with van der Waals surface area (Å²) in [4.78, 5) is 25.0. The maximum atomic E-state index is 12.0. The van der Waals surface area contributed by atoms with Gasteiger partial charge >= 0.3 is 5.97 Å². The lowest BCUT2D eigenvalue weighted by Gasteiger charge is -2.17. The number of ether oxygens (including phenoxy) is 1. The second kappa shape index (κ2) is 7.78. The molecule has 0 unspecified atom stereocenters. The monoisotopic (exact) mass is 292 g/mol. The summed E-state index contributed by atoms with van der Waals surface area (Å²) in [6.07, 6.45) is 0. The topological polar surface area (TPSA) is 58.6 Å². The number of benzene rings is 1. The zero-order valence-electron chi connectivity index (χ0n) is 13.4. The van der Waals surface area contributed by atoms with Gasteiger partial charge in [0.1, 0.15) is 0 Å². The molecule has 5 nitrogen and oxygen atoms in total. The van der Waals surface area contributed by atoms with E-state index >= 15 is 0 Å². The van der Waals surface area contributed by atoms with Crippen LogP contribution in [-0.2, 0) is 14.3 Å². The lowest BCUT2D eigenvalue weighted by molar-refractivity contribution is -0.144. The van der Waals surface area contributed by atoms with Crippen molar-refractivity contribution in [2.75, 3.05) is 32.1 Å². The molecule has 0 saturated heterocycles. The number of rotatable bonds is 6. The summed E-state index contributed by atoms with van der Waals surface area (Å²) in [5.74, 6) is -0.465. The molecule has 0 aliphatic heterocycles. The molecular formula is C16H24N2O3. The lowest BCUT2D eigenvalue weighted by atomic mass is 10.1. The normalized spacial score (nSPS) is 10.6. The smallest absolute Gasteiger partial charge is 0.320 e. The molecule has 0 radical (unpaired) electrons. The van der Waals surface area contributed by atoms with Gasteiger partial charge in [-0.2, -0.15) is 0 Å². The van der Waals surface area contributed by atoms with Crippen molar-refractivity contribution >= 4 is 17.6 Å². The van der Waals surface area contributed by atoms with Gasteiger partial charge in [0, 0.05) is 5.69 Å². The minimum Gasteiger partial charge on any atom is -0.465 e. The molecule has 0 spiro atoms. The van der Waals surface area contributed by atoms with E-state index in [1.807, 2.05) is 32.9 Å².